The summed E-state index contributed by atoms with van der Waals surface area (Å²) < 4.78 is 10.4. The van der Waals surface area contributed by atoms with Crippen molar-refractivity contribution in [3.8, 4) is 0 Å². The van der Waals surface area contributed by atoms with Gasteiger partial charge < -0.3 is 14.8 Å². The van der Waals surface area contributed by atoms with Crippen molar-refractivity contribution in [1.29, 1.82) is 0 Å². The second-order valence-corrected chi connectivity index (χ2v) is 3.98. The summed E-state index contributed by atoms with van der Waals surface area (Å²) in [5, 5.41) is 2.82. The number of carbonyl (C=O) groups excluding carboxylic acids is 1. The highest BCUT2D eigenvalue weighted by Crippen LogP contribution is 2.07. The number of nitrogens with one attached hydrogen (secondary N) is 1. The van der Waals surface area contributed by atoms with E-state index in [0.29, 0.717) is 19.7 Å². The van der Waals surface area contributed by atoms with Gasteiger partial charge in [0.25, 0.3) is 0 Å². The molecule has 1 saturated heterocycles. The van der Waals surface area contributed by atoms with Gasteiger partial charge in [-0.3, -0.25) is 9.69 Å². The molecule has 1 unspecified atom stereocenters. The molecule has 1 heterocycles. The highest BCUT2D eigenvalue weighted by molar-refractivity contribution is 5.77. The monoisotopic (exact) mass is 230 g/mol. The van der Waals surface area contributed by atoms with Gasteiger partial charge in [-0.2, -0.15) is 0 Å². The molecule has 0 radical (unpaired) electrons. The predicted octanol–water partition coefficient (Wildman–Crippen LogP) is -0.140. The number of nitrogens with zero attached hydrogens (tertiary/aromatic N) is 1. The Morgan fingerprint density at radius 3 is 3.12 bits per heavy atom. The van der Waals surface area contributed by atoms with Crippen LogP contribution in [0.1, 0.15) is 13.3 Å². The quantitative estimate of drug-likeness (QED) is 0.645. The van der Waals surface area contributed by atoms with E-state index in [-0.39, 0.29) is 12.0 Å². The molecule has 0 aromatic heterocycles. The molecule has 0 aromatic carbocycles. The average Bonchev–Trinajstić information content (AvgIpc) is 2.29. The molecule has 5 nitrogen and oxygen atoms in total. The van der Waals surface area contributed by atoms with E-state index in [1.54, 1.807) is 7.11 Å². The van der Waals surface area contributed by atoms with Gasteiger partial charge in [0, 0.05) is 26.7 Å². The van der Waals surface area contributed by atoms with Crippen LogP contribution >= 0.6 is 0 Å². The Labute approximate surface area is 97.1 Å². The lowest BCUT2D eigenvalue weighted by molar-refractivity contribution is -0.124. The lowest BCUT2D eigenvalue weighted by atomic mass is 10.2. The third kappa shape index (κ3) is 4.92. The largest absolute Gasteiger partial charge is 0.383 e. The van der Waals surface area contributed by atoms with Crippen LogP contribution < -0.4 is 5.32 Å². The van der Waals surface area contributed by atoms with Gasteiger partial charge in [-0.05, 0) is 6.42 Å². The first-order valence-electron chi connectivity index (χ1n) is 5.85. The zero-order valence-electron chi connectivity index (χ0n) is 10.2. The van der Waals surface area contributed by atoms with Crippen molar-refractivity contribution in [3.05, 3.63) is 0 Å². The number of morpholine rings is 1. The Morgan fingerprint density at radius 2 is 2.44 bits per heavy atom. The van der Waals surface area contributed by atoms with Crippen molar-refractivity contribution in [1.82, 2.24) is 10.2 Å². The minimum atomic E-state index is 0.0637. The maximum absolute atomic E-state index is 11.5. The smallest absolute Gasteiger partial charge is 0.234 e. The zero-order chi connectivity index (χ0) is 11.8. The Kier molecular flexibility index (Phi) is 6.37. The molecule has 0 spiro atoms. The predicted molar refractivity (Wildman–Crippen MR) is 61.4 cm³/mol. The van der Waals surface area contributed by atoms with Crippen molar-refractivity contribution < 1.29 is 14.3 Å². The zero-order valence-corrected chi connectivity index (χ0v) is 10.2. The van der Waals surface area contributed by atoms with Gasteiger partial charge >= 0.3 is 0 Å². The molecule has 5 heteroatoms. The lowest BCUT2D eigenvalue weighted by Crippen LogP contribution is -2.47. The summed E-state index contributed by atoms with van der Waals surface area (Å²) in [4.78, 5) is 13.7. The summed E-state index contributed by atoms with van der Waals surface area (Å²) in [5.41, 5.74) is 0. The summed E-state index contributed by atoms with van der Waals surface area (Å²) in [7, 11) is 1.62. The lowest BCUT2D eigenvalue weighted by Gasteiger charge is -2.31. The van der Waals surface area contributed by atoms with Crippen LogP contribution in [-0.4, -0.2) is 63.4 Å². The van der Waals surface area contributed by atoms with Crippen molar-refractivity contribution in [3.63, 3.8) is 0 Å². The number of hydrogen-bond acceptors (Lipinski definition) is 4. The van der Waals surface area contributed by atoms with Gasteiger partial charge in [0.1, 0.15) is 0 Å². The SMILES string of the molecule is CCC1CN(CC(=O)NCCOC)CCO1. The second-order valence-electron chi connectivity index (χ2n) is 3.98. The highest BCUT2D eigenvalue weighted by atomic mass is 16.5. The molecule has 1 N–H and O–H groups in total. The van der Waals surface area contributed by atoms with E-state index in [2.05, 4.69) is 17.1 Å². The Bertz CT molecular complexity index is 211. The van der Waals surface area contributed by atoms with E-state index in [1.165, 1.54) is 0 Å². The number of methoxy groups -OCH3 is 1. The summed E-state index contributed by atoms with van der Waals surface area (Å²) in [5.74, 6) is 0.0637. The van der Waals surface area contributed by atoms with Crippen molar-refractivity contribution in [2.45, 2.75) is 19.4 Å². The van der Waals surface area contributed by atoms with Crippen LogP contribution in [0.15, 0.2) is 0 Å². The number of amides is 1. The molecule has 94 valence electrons. The minimum Gasteiger partial charge on any atom is -0.383 e. The van der Waals surface area contributed by atoms with Crippen LogP contribution in [0.2, 0.25) is 0 Å². The average molecular weight is 230 g/mol. The van der Waals surface area contributed by atoms with Crippen LogP contribution in [-0.2, 0) is 14.3 Å². The van der Waals surface area contributed by atoms with E-state index >= 15 is 0 Å². The van der Waals surface area contributed by atoms with Gasteiger partial charge in [0.2, 0.25) is 5.91 Å². The molecule has 1 aliphatic heterocycles. The van der Waals surface area contributed by atoms with E-state index in [9.17, 15) is 4.79 Å². The summed E-state index contributed by atoms with van der Waals surface area (Å²) >= 11 is 0. The Hall–Kier alpha value is -0.650. The van der Waals surface area contributed by atoms with E-state index in [4.69, 9.17) is 9.47 Å². The van der Waals surface area contributed by atoms with E-state index < -0.39 is 0 Å². The van der Waals surface area contributed by atoms with Gasteiger partial charge in [0.15, 0.2) is 0 Å². The fourth-order valence-electron chi connectivity index (χ4n) is 1.72. The summed E-state index contributed by atoms with van der Waals surface area (Å²) in [6.45, 7) is 6.13. The molecular formula is C11H22N2O3. The first-order chi connectivity index (χ1) is 7.76. The summed E-state index contributed by atoms with van der Waals surface area (Å²) in [6.07, 6.45) is 1.28. The first kappa shape index (κ1) is 13.4. The van der Waals surface area contributed by atoms with Gasteiger partial charge in [-0.15, -0.1) is 0 Å². The number of rotatable bonds is 6. The molecule has 0 saturated carbocycles. The van der Waals surface area contributed by atoms with Gasteiger partial charge in [-0.25, -0.2) is 0 Å². The van der Waals surface area contributed by atoms with Crippen LogP contribution in [0.5, 0.6) is 0 Å². The minimum absolute atomic E-state index is 0.0637. The molecular weight excluding hydrogens is 208 g/mol. The van der Waals surface area contributed by atoms with Crippen molar-refractivity contribution in [2.24, 2.45) is 0 Å². The van der Waals surface area contributed by atoms with E-state index in [0.717, 1.165) is 26.1 Å². The van der Waals surface area contributed by atoms with Gasteiger partial charge in [-0.1, -0.05) is 6.92 Å². The third-order valence-corrected chi connectivity index (χ3v) is 2.67. The van der Waals surface area contributed by atoms with Crippen molar-refractivity contribution >= 4 is 5.91 Å². The number of carbonyl (C=O) groups is 1. The Balaban J connectivity index is 2.17. The maximum atomic E-state index is 11.5. The van der Waals surface area contributed by atoms with Crippen LogP contribution in [0.4, 0.5) is 0 Å². The molecule has 0 bridgehead atoms. The molecule has 1 rings (SSSR count). The molecule has 1 fully saturated rings. The van der Waals surface area contributed by atoms with Crippen LogP contribution in [0.25, 0.3) is 0 Å². The Morgan fingerprint density at radius 1 is 1.62 bits per heavy atom. The molecule has 16 heavy (non-hydrogen) atoms. The molecule has 0 aliphatic carbocycles. The molecule has 0 aromatic rings. The topological polar surface area (TPSA) is 50.8 Å². The number of hydrogen-bond donors (Lipinski definition) is 1. The molecule has 1 amide bonds. The van der Waals surface area contributed by atoms with Crippen molar-refractivity contribution in [2.75, 3.05) is 46.5 Å². The fraction of sp³-hybridized carbons (Fsp3) is 0.909. The van der Waals surface area contributed by atoms with Crippen LogP contribution in [0.3, 0.4) is 0 Å². The third-order valence-electron chi connectivity index (χ3n) is 2.67. The van der Waals surface area contributed by atoms with E-state index in [1.807, 2.05) is 0 Å². The number of ether oxygens (including phenoxy) is 2. The highest BCUT2D eigenvalue weighted by Gasteiger charge is 2.20. The maximum Gasteiger partial charge on any atom is 0.234 e. The van der Waals surface area contributed by atoms with Gasteiger partial charge in [0.05, 0.1) is 25.9 Å². The second kappa shape index (κ2) is 7.60. The standard InChI is InChI=1S/C11H22N2O3/c1-3-10-8-13(5-7-16-10)9-11(14)12-4-6-15-2/h10H,3-9H2,1-2H3,(H,12,14). The molecule has 1 atom stereocenters. The first-order valence-corrected chi connectivity index (χ1v) is 5.85. The normalized spacial score (nSPS) is 22.0. The van der Waals surface area contributed by atoms with Crippen LogP contribution in [0, 0.1) is 0 Å². The molecule has 1 aliphatic rings. The fourth-order valence-corrected chi connectivity index (χ4v) is 1.72. The summed E-state index contributed by atoms with van der Waals surface area (Å²) in [6, 6.07) is 0.